The molecular weight excluding hydrogens is 226 g/mol. The molecule has 2 rings (SSSR count). The van der Waals surface area contributed by atoms with E-state index in [-0.39, 0.29) is 11.9 Å². The standard InChI is InChI=1S/C14H23N3O/c1-3-16-14(18)7-8-17-10(2)9-11-12(15)5-4-6-13(11)17/h9,12H,3-8,15H2,1-2H3,(H,16,18). The van der Waals surface area contributed by atoms with E-state index in [4.69, 9.17) is 5.73 Å². The summed E-state index contributed by atoms with van der Waals surface area (Å²) in [6.45, 7) is 5.51. The number of hydrogen-bond acceptors (Lipinski definition) is 2. The lowest BCUT2D eigenvalue weighted by Gasteiger charge is -2.21. The Balaban J connectivity index is 2.11. The molecule has 0 aliphatic heterocycles. The van der Waals surface area contributed by atoms with Crippen molar-refractivity contribution in [2.75, 3.05) is 6.54 Å². The van der Waals surface area contributed by atoms with E-state index in [2.05, 4.69) is 22.9 Å². The maximum atomic E-state index is 11.5. The Morgan fingerprint density at radius 2 is 2.39 bits per heavy atom. The summed E-state index contributed by atoms with van der Waals surface area (Å²) >= 11 is 0. The Bertz CT molecular complexity index is 436. The molecule has 1 aliphatic rings. The van der Waals surface area contributed by atoms with Crippen molar-refractivity contribution in [3.63, 3.8) is 0 Å². The summed E-state index contributed by atoms with van der Waals surface area (Å²) < 4.78 is 2.27. The number of carbonyl (C=O) groups excluding carboxylic acids is 1. The van der Waals surface area contributed by atoms with Gasteiger partial charge in [0.1, 0.15) is 0 Å². The van der Waals surface area contributed by atoms with E-state index in [1.54, 1.807) is 0 Å². The first-order valence-electron chi connectivity index (χ1n) is 6.84. The van der Waals surface area contributed by atoms with Gasteiger partial charge in [-0.2, -0.15) is 0 Å². The Morgan fingerprint density at radius 1 is 1.61 bits per heavy atom. The minimum Gasteiger partial charge on any atom is -0.356 e. The molecule has 4 nitrogen and oxygen atoms in total. The normalized spacial score (nSPS) is 18.5. The highest BCUT2D eigenvalue weighted by atomic mass is 16.1. The van der Waals surface area contributed by atoms with E-state index in [1.807, 2.05) is 6.92 Å². The van der Waals surface area contributed by atoms with Gasteiger partial charge in [-0.25, -0.2) is 0 Å². The molecule has 3 N–H and O–H groups in total. The first-order valence-corrected chi connectivity index (χ1v) is 6.84. The fourth-order valence-corrected chi connectivity index (χ4v) is 2.81. The molecule has 1 heterocycles. The zero-order chi connectivity index (χ0) is 13.1. The van der Waals surface area contributed by atoms with Crippen LogP contribution in [0, 0.1) is 6.92 Å². The van der Waals surface area contributed by atoms with Gasteiger partial charge in [0, 0.05) is 36.9 Å². The molecule has 1 aromatic heterocycles. The van der Waals surface area contributed by atoms with Crippen LogP contribution in [0.4, 0.5) is 0 Å². The van der Waals surface area contributed by atoms with Crippen molar-refractivity contribution in [2.45, 2.75) is 52.1 Å². The molecular formula is C14H23N3O. The average molecular weight is 249 g/mol. The van der Waals surface area contributed by atoms with Gasteiger partial charge in [-0.1, -0.05) is 0 Å². The number of aromatic nitrogens is 1. The van der Waals surface area contributed by atoms with Gasteiger partial charge in [-0.15, -0.1) is 0 Å². The molecule has 18 heavy (non-hydrogen) atoms. The number of hydrogen-bond donors (Lipinski definition) is 2. The second kappa shape index (κ2) is 5.57. The van der Waals surface area contributed by atoms with Gasteiger partial charge in [0.25, 0.3) is 0 Å². The van der Waals surface area contributed by atoms with Crippen LogP contribution in [0.25, 0.3) is 0 Å². The maximum Gasteiger partial charge on any atom is 0.221 e. The summed E-state index contributed by atoms with van der Waals surface area (Å²) in [6.07, 6.45) is 3.86. The van der Waals surface area contributed by atoms with Crippen molar-refractivity contribution in [2.24, 2.45) is 5.73 Å². The van der Waals surface area contributed by atoms with E-state index in [0.29, 0.717) is 13.0 Å². The number of aryl methyl sites for hydroxylation is 1. The topological polar surface area (TPSA) is 60.0 Å². The molecule has 0 aromatic carbocycles. The van der Waals surface area contributed by atoms with Crippen molar-refractivity contribution in [3.05, 3.63) is 23.0 Å². The van der Waals surface area contributed by atoms with E-state index in [0.717, 1.165) is 25.8 Å². The number of fused-ring (bicyclic) bond motifs is 1. The molecule has 0 spiro atoms. The van der Waals surface area contributed by atoms with Crippen molar-refractivity contribution < 1.29 is 4.79 Å². The maximum absolute atomic E-state index is 11.5. The number of rotatable bonds is 4. The van der Waals surface area contributed by atoms with Gasteiger partial charge >= 0.3 is 0 Å². The lowest BCUT2D eigenvalue weighted by molar-refractivity contribution is -0.121. The second-order valence-electron chi connectivity index (χ2n) is 5.04. The van der Waals surface area contributed by atoms with Crippen LogP contribution in [0.2, 0.25) is 0 Å². The summed E-state index contributed by atoms with van der Waals surface area (Å²) in [5.41, 5.74) is 9.99. The molecule has 0 fully saturated rings. The van der Waals surface area contributed by atoms with Crippen LogP contribution >= 0.6 is 0 Å². The molecule has 1 unspecified atom stereocenters. The van der Waals surface area contributed by atoms with Crippen molar-refractivity contribution >= 4 is 5.91 Å². The van der Waals surface area contributed by atoms with Gasteiger partial charge < -0.3 is 15.6 Å². The Morgan fingerprint density at radius 3 is 3.11 bits per heavy atom. The smallest absolute Gasteiger partial charge is 0.221 e. The van der Waals surface area contributed by atoms with Crippen molar-refractivity contribution in [3.8, 4) is 0 Å². The Labute approximate surface area is 109 Å². The van der Waals surface area contributed by atoms with Gasteiger partial charge in [-0.05, 0) is 44.7 Å². The third kappa shape index (κ3) is 2.58. The minimum absolute atomic E-state index is 0.124. The number of nitrogens with zero attached hydrogens (tertiary/aromatic N) is 1. The lowest BCUT2D eigenvalue weighted by atomic mass is 9.93. The molecule has 1 atom stereocenters. The van der Waals surface area contributed by atoms with Crippen LogP contribution in [0.3, 0.4) is 0 Å². The first-order chi connectivity index (χ1) is 8.63. The fraction of sp³-hybridized carbons (Fsp3) is 0.643. The fourth-order valence-electron chi connectivity index (χ4n) is 2.81. The van der Waals surface area contributed by atoms with E-state index in [9.17, 15) is 4.79 Å². The van der Waals surface area contributed by atoms with Crippen LogP contribution in [0.5, 0.6) is 0 Å². The largest absolute Gasteiger partial charge is 0.356 e. The predicted octanol–water partition coefficient (Wildman–Crippen LogP) is 1.66. The SMILES string of the molecule is CCNC(=O)CCn1c(C)cc2c1CCCC2N. The van der Waals surface area contributed by atoms with Crippen LogP contribution in [-0.4, -0.2) is 17.0 Å². The van der Waals surface area contributed by atoms with Crippen LogP contribution < -0.4 is 11.1 Å². The molecule has 0 saturated carbocycles. The highest BCUT2D eigenvalue weighted by Crippen LogP contribution is 2.30. The van der Waals surface area contributed by atoms with E-state index >= 15 is 0 Å². The summed E-state index contributed by atoms with van der Waals surface area (Å²) in [7, 11) is 0. The van der Waals surface area contributed by atoms with E-state index in [1.165, 1.54) is 17.0 Å². The van der Waals surface area contributed by atoms with Gasteiger partial charge in [0.2, 0.25) is 5.91 Å². The molecule has 0 radical (unpaired) electrons. The third-order valence-corrected chi connectivity index (χ3v) is 3.71. The Kier molecular flexibility index (Phi) is 4.07. The molecule has 1 aromatic rings. The molecule has 1 amide bonds. The average Bonchev–Trinajstić information content (AvgIpc) is 2.65. The third-order valence-electron chi connectivity index (χ3n) is 3.71. The molecule has 4 heteroatoms. The zero-order valence-corrected chi connectivity index (χ0v) is 11.3. The molecule has 0 saturated heterocycles. The summed E-state index contributed by atoms with van der Waals surface area (Å²) in [5.74, 6) is 0.124. The number of nitrogens with one attached hydrogen (secondary N) is 1. The van der Waals surface area contributed by atoms with E-state index < -0.39 is 0 Å². The van der Waals surface area contributed by atoms with Crippen LogP contribution in [0.15, 0.2) is 6.07 Å². The van der Waals surface area contributed by atoms with Crippen LogP contribution in [0.1, 0.15) is 49.2 Å². The number of amides is 1. The minimum atomic E-state index is 0.124. The van der Waals surface area contributed by atoms with Crippen molar-refractivity contribution in [1.29, 1.82) is 0 Å². The number of nitrogens with two attached hydrogens (primary N) is 1. The summed E-state index contributed by atoms with van der Waals surface area (Å²) in [5, 5.41) is 2.84. The zero-order valence-electron chi connectivity index (χ0n) is 11.3. The highest BCUT2D eigenvalue weighted by molar-refractivity contribution is 5.75. The first kappa shape index (κ1) is 13.1. The lowest BCUT2D eigenvalue weighted by Crippen LogP contribution is -2.25. The summed E-state index contributed by atoms with van der Waals surface area (Å²) in [4.78, 5) is 11.5. The molecule has 1 aliphatic carbocycles. The van der Waals surface area contributed by atoms with Gasteiger partial charge in [0.05, 0.1) is 0 Å². The van der Waals surface area contributed by atoms with Crippen LogP contribution in [-0.2, 0) is 17.8 Å². The van der Waals surface area contributed by atoms with Gasteiger partial charge in [-0.3, -0.25) is 4.79 Å². The Hall–Kier alpha value is -1.29. The quantitative estimate of drug-likeness (QED) is 0.852. The molecule has 0 bridgehead atoms. The van der Waals surface area contributed by atoms with Gasteiger partial charge in [0.15, 0.2) is 0 Å². The monoisotopic (exact) mass is 249 g/mol. The summed E-state index contributed by atoms with van der Waals surface area (Å²) in [6, 6.07) is 2.37. The second-order valence-corrected chi connectivity index (χ2v) is 5.04. The van der Waals surface area contributed by atoms with Crippen molar-refractivity contribution in [1.82, 2.24) is 9.88 Å². The predicted molar refractivity (Wildman–Crippen MR) is 72.3 cm³/mol. The number of carbonyl (C=O) groups is 1. The highest BCUT2D eigenvalue weighted by Gasteiger charge is 2.22. The molecule has 100 valence electrons.